The molecule has 0 unspecified atom stereocenters. The van der Waals surface area contributed by atoms with Gasteiger partial charge in [0.15, 0.2) is 11.5 Å². The summed E-state index contributed by atoms with van der Waals surface area (Å²) in [5.74, 6) is 1.58. The standard InChI is InChI=1S/C13H19NO2S/c1-2-9-15-11-6-3-4-7-12(11)16-10-5-8-13(14)17/h3-4,6-7H,2,5,8-10H2,1H3,(H2,14,17). The summed E-state index contributed by atoms with van der Waals surface area (Å²) < 4.78 is 11.2. The number of ether oxygens (including phenoxy) is 2. The van der Waals surface area contributed by atoms with E-state index < -0.39 is 0 Å². The second-order valence-corrected chi connectivity index (χ2v) is 4.24. The van der Waals surface area contributed by atoms with Crippen molar-refractivity contribution < 1.29 is 9.47 Å². The molecule has 0 atom stereocenters. The Balaban J connectivity index is 2.43. The van der Waals surface area contributed by atoms with Gasteiger partial charge in [-0.3, -0.25) is 0 Å². The summed E-state index contributed by atoms with van der Waals surface area (Å²) >= 11 is 4.81. The minimum Gasteiger partial charge on any atom is -0.490 e. The number of rotatable bonds is 8. The Labute approximate surface area is 108 Å². The normalized spacial score (nSPS) is 9.94. The molecule has 1 rings (SSSR count). The minimum absolute atomic E-state index is 0.532. The van der Waals surface area contributed by atoms with Crippen LogP contribution in [0.5, 0.6) is 11.5 Å². The second kappa shape index (κ2) is 7.90. The first kappa shape index (κ1) is 13.8. The van der Waals surface area contributed by atoms with Crippen molar-refractivity contribution >= 4 is 17.2 Å². The maximum Gasteiger partial charge on any atom is 0.161 e. The van der Waals surface area contributed by atoms with Gasteiger partial charge in [-0.2, -0.15) is 0 Å². The molecule has 0 aliphatic heterocycles. The quantitative estimate of drug-likeness (QED) is 0.571. The molecule has 0 bridgehead atoms. The summed E-state index contributed by atoms with van der Waals surface area (Å²) in [6.45, 7) is 3.38. The van der Waals surface area contributed by atoms with Gasteiger partial charge in [-0.1, -0.05) is 31.3 Å². The van der Waals surface area contributed by atoms with Gasteiger partial charge in [0.2, 0.25) is 0 Å². The summed E-state index contributed by atoms with van der Waals surface area (Å²) in [5.41, 5.74) is 5.42. The van der Waals surface area contributed by atoms with E-state index in [4.69, 9.17) is 27.4 Å². The third kappa shape index (κ3) is 5.54. The molecule has 3 nitrogen and oxygen atoms in total. The Bertz CT molecular complexity index is 355. The molecule has 2 N–H and O–H groups in total. The molecular formula is C13H19NO2S. The average molecular weight is 253 g/mol. The van der Waals surface area contributed by atoms with Crippen molar-refractivity contribution in [3.63, 3.8) is 0 Å². The van der Waals surface area contributed by atoms with Crippen molar-refractivity contribution in [2.24, 2.45) is 5.73 Å². The van der Waals surface area contributed by atoms with Crippen LogP contribution >= 0.6 is 12.2 Å². The second-order valence-electron chi connectivity index (χ2n) is 3.71. The molecule has 0 aliphatic rings. The molecule has 94 valence electrons. The lowest BCUT2D eigenvalue weighted by molar-refractivity contribution is 0.267. The number of thiocarbonyl (C=S) groups is 1. The van der Waals surface area contributed by atoms with Crippen molar-refractivity contribution in [3.05, 3.63) is 24.3 Å². The van der Waals surface area contributed by atoms with Crippen LogP contribution in [0.25, 0.3) is 0 Å². The number of hydrogen-bond acceptors (Lipinski definition) is 3. The van der Waals surface area contributed by atoms with Crippen molar-refractivity contribution in [2.75, 3.05) is 13.2 Å². The SMILES string of the molecule is CCCOc1ccccc1OCCCC(N)=S. The van der Waals surface area contributed by atoms with E-state index in [1.807, 2.05) is 24.3 Å². The van der Waals surface area contributed by atoms with Gasteiger partial charge < -0.3 is 15.2 Å². The number of hydrogen-bond donors (Lipinski definition) is 1. The Kier molecular flexibility index (Phi) is 6.40. The van der Waals surface area contributed by atoms with E-state index in [9.17, 15) is 0 Å². The molecule has 0 saturated carbocycles. The zero-order chi connectivity index (χ0) is 12.5. The molecule has 0 radical (unpaired) electrons. The maximum atomic E-state index is 5.64. The topological polar surface area (TPSA) is 44.5 Å². The molecule has 0 spiro atoms. The smallest absolute Gasteiger partial charge is 0.161 e. The minimum atomic E-state index is 0.532. The highest BCUT2D eigenvalue weighted by Gasteiger charge is 2.03. The summed E-state index contributed by atoms with van der Waals surface area (Å²) in [5, 5.41) is 0. The first-order chi connectivity index (χ1) is 8.24. The Morgan fingerprint density at radius 2 is 1.76 bits per heavy atom. The predicted octanol–water partition coefficient (Wildman–Crippen LogP) is 2.92. The maximum absolute atomic E-state index is 5.64. The van der Waals surface area contributed by atoms with Crippen LogP contribution in [0, 0.1) is 0 Å². The van der Waals surface area contributed by atoms with Gasteiger partial charge in [-0.05, 0) is 25.0 Å². The fraction of sp³-hybridized carbons (Fsp3) is 0.462. The monoisotopic (exact) mass is 253 g/mol. The van der Waals surface area contributed by atoms with E-state index in [1.54, 1.807) is 0 Å². The number of para-hydroxylation sites is 2. The third-order valence-electron chi connectivity index (χ3n) is 2.14. The molecule has 0 aliphatic carbocycles. The summed E-state index contributed by atoms with van der Waals surface area (Å²) in [6.07, 6.45) is 2.53. The molecule has 0 amide bonds. The zero-order valence-corrected chi connectivity index (χ0v) is 11.0. The lowest BCUT2D eigenvalue weighted by Gasteiger charge is -2.11. The summed E-state index contributed by atoms with van der Waals surface area (Å²) in [7, 11) is 0. The van der Waals surface area contributed by atoms with E-state index >= 15 is 0 Å². The third-order valence-corrected chi connectivity index (χ3v) is 2.34. The molecule has 17 heavy (non-hydrogen) atoms. The average Bonchev–Trinajstić information content (AvgIpc) is 2.33. The van der Waals surface area contributed by atoms with Gasteiger partial charge in [0.1, 0.15) is 0 Å². The molecule has 4 heteroatoms. The lowest BCUT2D eigenvalue weighted by Crippen LogP contribution is -2.09. The Morgan fingerprint density at radius 3 is 2.29 bits per heavy atom. The van der Waals surface area contributed by atoms with Crippen LogP contribution in [0.2, 0.25) is 0 Å². The zero-order valence-electron chi connectivity index (χ0n) is 10.1. The predicted molar refractivity (Wildman–Crippen MR) is 73.7 cm³/mol. The van der Waals surface area contributed by atoms with Crippen LogP contribution in [0.4, 0.5) is 0 Å². The number of nitrogens with two attached hydrogens (primary N) is 1. The first-order valence-electron chi connectivity index (χ1n) is 5.87. The highest BCUT2D eigenvalue weighted by molar-refractivity contribution is 7.80. The van der Waals surface area contributed by atoms with E-state index in [0.29, 0.717) is 24.6 Å². The van der Waals surface area contributed by atoms with Crippen LogP contribution < -0.4 is 15.2 Å². The van der Waals surface area contributed by atoms with Gasteiger partial charge in [-0.25, -0.2) is 0 Å². The van der Waals surface area contributed by atoms with Crippen molar-refractivity contribution in [3.8, 4) is 11.5 Å². The van der Waals surface area contributed by atoms with Gasteiger partial charge in [-0.15, -0.1) is 0 Å². The van der Waals surface area contributed by atoms with Crippen molar-refractivity contribution in [1.29, 1.82) is 0 Å². The summed E-state index contributed by atoms with van der Waals surface area (Å²) in [6, 6.07) is 7.69. The van der Waals surface area contributed by atoms with Crippen LogP contribution in [-0.2, 0) is 0 Å². The van der Waals surface area contributed by atoms with Crippen LogP contribution in [-0.4, -0.2) is 18.2 Å². The first-order valence-corrected chi connectivity index (χ1v) is 6.27. The van der Waals surface area contributed by atoms with E-state index in [2.05, 4.69) is 6.92 Å². The van der Waals surface area contributed by atoms with Crippen LogP contribution in [0.3, 0.4) is 0 Å². The fourth-order valence-electron chi connectivity index (χ4n) is 1.33. The molecule has 0 saturated heterocycles. The van der Waals surface area contributed by atoms with Crippen molar-refractivity contribution in [2.45, 2.75) is 26.2 Å². The van der Waals surface area contributed by atoms with Crippen LogP contribution in [0.15, 0.2) is 24.3 Å². The van der Waals surface area contributed by atoms with E-state index in [-0.39, 0.29) is 0 Å². The molecular weight excluding hydrogens is 234 g/mol. The summed E-state index contributed by atoms with van der Waals surface area (Å²) in [4.78, 5) is 0.532. The van der Waals surface area contributed by atoms with Gasteiger partial charge in [0, 0.05) is 6.42 Å². The molecule has 1 aromatic carbocycles. The molecule has 1 aromatic rings. The van der Waals surface area contributed by atoms with Crippen LogP contribution in [0.1, 0.15) is 26.2 Å². The highest BCUT2D eigenvalue weighted by atomic mass is 32.1. The van der Waals surface area contributed by atoms with Gasteiger partial charge in [0.25, 0.3) is 0 Å². The van der Waals surface area contributed by atoms with E-state index in [0.717, 1.165) is 24.3 Å². The largest absolute Gasteiger partial charge is 0.490 e. The Hall–Kier alpha value is -1.29. The molecule has 0 fully saturated rings. The molecule has 0 aromatic heterocycles. The number of benzene rings is 1. The van der Waals surface area contributed by atoms with Crippen molar-refractivity contribution in [1.82, 2.24) is 0 Å². The molecule has 0 heterocycles. The van der Waals surface area contributed by atoms with E-state index in [1.165, 1.54) is 0 Å². The Morgan fingerprint density at radius 1 is 1.18 bits per heavy atom. The lowest BCUT2D eigenvalue weighted by atomic mass is 10.3. The van der Waals surface area contributed by atoms with Gasteiger partial charge >= 0.3 is 0 Å². The van der Waals surface area contributed by atoms with Gasteiger partial charge in [0.05, 0.1) is 18.2 Å². The fourth-order valence-corrected chi connectivity index (χ4v) is 1.47. The highest BCUT2D eigenvalue weighted by Crippen LogP contribution is 2.26.